The molecule has 0 aliphatic heterocycles. The van der Waals surface area contributed by atoms with Gasteiger partial charge >= 0.3 is 0 Å². The van der Waals surface area contributed by atoms with Crippen molar-refractivity contribution in [2.75, 3.05) is 0 Å². The maximum absolute atomic E-state index is 3.97. The fraction of sp³-hybridized carbons (Fsp3) is 0.143. The molecule has 3 aromatic carbocycles. The van der Waals surface area contributed by atoms with Gasteiger partial charge in [0.25, 0.3) is 0 Å². The molecule has 0 bridgehead atoms. The largest absolute Gasteiger partial charge is 0.117 e. The smallest absolute Gasteiger partial charge is 0.0482 e. The first-order valence-electron chi connectivity index (χ1n) is 10.3. The normalized spacial score (nSPS) is 12.5. The molecular formula is C28H30P2S. The number of rotatable bonds is 8. The monoisotopic (exact) mass is 460 g/mol. The van der Waals surface area contributed by atoms with E-state index < -0.39 is 0 Å². The number of benzene rings is 3. The van der Waals surface area contributed by atoms with Gasteiger partial charge in [-0.15, -0.1) is 18.5 Å². The van der Waals surface area contributed by atoms with Crippen molar-refractivity contribution in [3.05, 3.63) is 133 Å². The van der Waals surface area contributed by atoms with Crippen LogP contribution in [0.5, 0.6) is 0 Å². The molecule has 3 rings (SSSR count). The molecular weight excluding hydrogens is 430 g/mol. The Morgan fingerprint density at radius 1 is 0.742 bits per heavy atom. The lowest BCUT2D eigenvalue weighted by atomic mass is 9.77. The Labute approximate surface area is 196 Å². The molecule has 0 fully saturated rings. The molecule has 0 aliphatic carbocycles. The summed E-state index contributed by atoms with van der Waals surface area (Å²) in [5.74, 6) is 0. The third kappa shape index (κ3) is 5.48. The molecule has 2 unspecified atom stereocenters. The molecule has 0 N–H and O–H groups in total. The Balaban J connectivity index is 1.76. The summed E-state index contributed by atoms with van der Waals surface area (Å²) in [6.07, 6.45) is 5.77. The highest BCUT2D eigenvalue weighted by Crippen LogP contribution is 2.45. The van der Waals surface area contributed by atoms with Gasteiger partial charge in [-0.1, -0.05) is 112 Å². The number of allylic oxidation sites excluding steroid dienone is 4. The topological polar surface area (TPSA) is 0 Å². The molecule has 0 radical (unpaired) electrons. The summed E-state index contributed by atoms with van der Waals surface area (Å²) in [6.45, 7) is 12.2. The molecule has 0 saturated heterocycles. The lowest BCUT2D eigenvalue weighted by Crippen LogP contribution is -2.19. The molecule has 0 saturated carbocycles. The van der Waals surface area contributed by atoms with E-state index in [0.29, 0.717) is 0 Å². The fourth-order valence-corrected chi connectivity index (χ4v) is 5.17. The molecule has 31 heavy (non-hydrogen) atoms. The summed E-state index contributed by atoms with van der Waals surface area (Å²) < 4.78 is 0. The Hall–Kier alpha value is -1.91. The third-order valence-corrected chi connectivity index (χ3v) is 7.98. The first-order valence-corrected chi connectivity index (χ1v) is 12.2. The fourth-order valence-electron chi connectivity index (χ4n) is 3.58. The SMILES string of the molecule is C=C/C=C(\C=C)C(C)(C)c1ccc(Sc2ccc(C(P)(P)c3ccccc3)cc2)cc1. The van der Waals surface area contributed by atoms with Crippen LogP contribution in [0.3, 0.4) is 0 Å². The van der Waals surface area contributed by atoms with Crippen molar-refractivity contribution >= 4 is 30.2 Å². The minimum atomic E-state index is -0.181. The van der Waals surface area contributed by atoms with Gasteiger partial charge in [0.15, 0.2) is 0 Å². The minimum Gasteiger partial charge on any atom is -0.117 e. The van der Waals surface area contributed by atoms with Gasteiger partial charge in [0.1, 0.15) is 0 Å². The molecule has 3 aromatic rings. The molecule has 0 aromatic heterocycles. The highest BCUT2D eigenvalue weighted by molar-refractivity contribution is 7.99. The predicted molar refractivity (Wildman–Crippen MR) is 145 cm³/mol. The maximum atomic E-state index is 3.97. The van der Waals surface area contributed by atoms with E-state index in [4.69, 9.17) is 0 Å². The maximum Gasteiger partial charge on any atom is 0.0482 e. The molecule has 158 valence electrons. The second kappa shape index (κ2) is 10.1. The van der Waals surface area contributed by atoms with Gasteiger partial charge in [-0.05, 0) is 46.5 Å². The molecule has 0 spiro atoms. The summed E-state index contributed by atoms with van der Waals surface area (Å²) in [5, 5.41) is 0. The van der Waals surface area contributed by atoms with Crippen LogP contribution in [-0.4, -0.2) is 0 Å². The van der Waals surface area contributed by atoms with Crippen molar-refractivity contribution in [3.63, 3.8) is 0 Å². The van der Waals surface area contributed by atoms with E-state index in [2.05, 4.69) is 124 Å². The van der Waals surface area contributed by atoms with Crippen molar-refractivity contribution in [1.82, 2.24) is 0 Å². The Morgan fingerprint density at radius 3 is 1.71 bits per heavy atom. The van der Waals surface area contributed by atoms with Gasteiger partial charge in [-0.3, -0.25) is 0 Å². The zero-order valence-electron chi connectivity index (χ0n) is 18.2. The van der Waals surface area contributed by atoms with Gasteiger partial charge in [-0.2, -0.15) is 0 Å². The minimum absolute atomic E-state index is 0.112. The van der Waals surface area contributed by atoms with Crippen molar-refractivity contribution < 1.29 is 0 Å². The lowest BCUT2D eigenvalue weighted by molar-refractivity contribution is 0.639. The first kappa shape index (κ1) is 23.7. The van der Waals surface area contributed by atoms with E-state index in [1.165, 1.54) is 26.5 Å². The van der Waals surface area contributed by atoms with E-state index in [-0.39, 0.29) is 10.3 Å². The van der Waals surface area contributed by atoms with Crippen molar-refractivity contribution in [2.45, 2.75) is 34.0 Å². The van der Waals surface area contributed by atoms with Gasteiger partial charge < -0.3 is 0 Å². The van der Waals surface area contributed by atoms with Crippen molar-refractivity contribution in [2.24, 2.45) is 0 Å². The summed E-state index contributed by atoms with van der Waals surface area (Å²) in [5.41, 5.74) is 4.82. The number of hydrogen-bond acceptors (Lipinski definition) is 1. The summed E-state index contributed by atoms with van der Waals surface area (Å²) in [4.78, 5) is 2.28. The van der Waals surface area contributed by atoms with E-state index >= 15 is 0 Å². The molecule has 0 aliphatic rings. The predicted octanol–water partition coefficient (Wildman–Crippen LogP) is 8.37. The summed E-state index contributed by atoms with van der Waals surface area (Å²) in [7, 11) is 5.95. The zero-order valence-corrected chi connectivity index (χ0v) is 21.3. The highest BCUT2D eigenvalue weighted by Gasteiger charge is 2.24. The van der Waals surface area contributed by atoms with Gasteiger partial charge in [-0.25, -0.2) is 0 Å². The quantitative estimate of drug-likeness (QED) is 0.240. The Morgan fingerprint density at radius 2 is 1.23 bits per heavy atom. The molecule has 0 heterocycles. The Kier molecular flexibility index (Phi) is 7.77. The van der Waals surface area contributed by atoms with Crippen LogP contribution >= 0.6 is 30.2 Å². The van der Waals surface area contributed by atoms with E-state index in [1.807, 2.05) is 18.2 Å². The molecule has 0 nitrogen and oxygen atoms in total. The van der Waals surface area contributed by atoms with E-state index in [1.54, 1.807) is 11.8 Å². The van der Waals surface area contributed by atoms with Crippen molar-refractivity contribution in [3.8, 4) is 0 Å². The number of hydrogen-bond donors (Lipinski definition) is 0. The third-order valence-electron chi connectivity index (χ3n) is 5.63. The van der Waals surface area contributed by atoms with Gasteiger partial charge in [0.05, 0.1) is 0 Å². The van der Waals surface area contributed by atoms with Gasteiger partial charge in [0, 0.05) is 20.1 Å². The van der Waals surface area contributed by atoms with Crippen LogP contribution in [0.15, 0.2) is 126 Å². The standard InChI is InChI=1S/C28H30P2S/c1-5-10-21(6-2)27(3,4)22-13-17-25(18-14-22)31-26-19-15-24(16-20-26)28(29,30)23-11-8-7-9-12-23/h5-20H,1-2,29-30H2,3-4H3/b21-10+. The van der Waals surface area contributed by atoms with Crippen LogP contribution < -0.4 is 0 Å². The van der Waals surface area contributed by atoms with E-state index in [9.17, 15) is 0 Å². The second-order valence-electron chi connectivity index (χ2n) is 8.07. The van der Waals surface area contributed by atoms with Crippen LogP contribution in [0, 0.1) is 0 Å². The molecule has 2 atom stereocenters. The van der Waals surface area contributed by atoms with E-state index in [0.717, 1.165) is 5.57 Å². The van der Waals surface area contributed by atoms with Crippen LogP contribution in [0.4, 0.5) is 0 Å². The average molecular weight is 461 g/mol. The van der Waals surface area contributed by atoms with Crippen LogP contribution in [0.1, 0.15) is 30.5 Å². The van der Waals surface area contributed by atoms with Crippen LogP contribution in [-0.2, 0) is 10.3 Å². The highest BCUT2D eigenvalue weighted by atomic mass is 32.2. The Bertz CT molecular complexity index is 1060. The first-order chi connectivity index (χ1) is 14.8. The molecule has 0 amide bonds. The molecule has 3 heteroatoms. The average Bonchev–Trinajstić information content (AvgIpc) is 2.78. The summed E-state index contributed by atoms with van der Waals surface area (Å²) >= 11 is 1.78. The zero-order chi connectivity index (χ0) is 22.5. The van der Waals surface area contributed by atoms with Crippen LogP contribution in [0.2, 0.25) is 0 Å². The second-order valence-corrected chi connectivity index (χ2v) is 11.7. The lowest BCUT2D eigenvalue weighted by Gasteiger charge is -2.27. The summed E-state index contributed by atoms with van der Waals surface area (Å²) in [6, 6.07) is 28.2. The van der Waals surface area contributed by atoms with Gasteiger partial charge in [0.2, 0.25) is 0 Å². The van der Waals surface area contributed by atoms with Crippen LogP contribution in [0.25, 0.3) is 0 Å². The van der Waals surface area contributed by atoms with Crippen molar-refractivity contribution in [1.29, 1.82) is 0 Å².